The van der Waals surface area contributed by atoms with Gasteiger partial charge in [0, 0.05) is 14.1 Å². The normalized spacial score (nSPS) is 27.4. The molecule has 0 radical (unpaired) electrons. The predicted octanol–water partition coefficient (Wildman–Crippen LogP) is -2.44. The number of nitrogens with zero attached hydrogens (tertiary/aromatic N) is 6. The van der Waals surface area contributed by atoms with Gasteiger partial charge in [0.1, 0.15) is 31.0 Å². The van der Waals surface area contributed by atoms with Crippen molar-refractivity contribution in [2.75, 3.05) is 20.7 Å². The van der Waals surface area contributed by atoms with E-state index < -0.39 is 36.7 Å². The maximum atomic E-state index is 12.4. The van der Waals surface area contributed by atoms with Crippen LogP contribution in [0.25, 0.3) is 11.2 Å². The molecule has 11 heteroatoms. The van der Waals surface area contributed by atoms with Gasteiger partial charge in [-0.05, 0) is 0 Å². The van der Waals surface area contributed by atoms with Crippen LogP contribution in [0.15, 0.2) is 22.6 Å². The van der Waals surface area contributed by atoms with Crippen LogP contribution in [0.4, 0.5) is 0 Å². The summed E-state index contributed by atoms with van der Waals surface area (Å²) in [5.41, 5.74) is -0.249. The second kappa shape index (κ2) is 6.28. The summed E-state index contributed by atoms with van der Waals surface area (Å²) in [6.07, 6.45) is -0.498. The van der Waals surface area contributed by atoms with E-state index in [1.807, 2.05) is 0 Å². The van der Waals surface area contributed by atoms with Gasteiger partial charge >= 0.3 is 5.56 Å². The molecule has 0 aromatic carbocycles. The van der Waals surface area contributed by atoms with Crippen LogP contribution in [0.1, 0.15) is 6.23 Å². The van der Waals surface area contributed by atoms with Crippen molar-refractivity contribution in [3.05, 3.63) is 23.0 Å². The van der Waals surface area contributed by atoms with Gasteiger partial charge in [-0.1, -0.05) is 0 Å². The highest BCUT2D eigenvalue weighted by Gasteiger charge is 2.44. The number of hydrogen-bond acceptors (Lipinski definition) is 8. The first kappa shape index (κ1) is 16.5. The number of fused-ring (bicyclic) bond motifs is 1. The summed E-state index contributed by atoms with van der Waals surface area (Å²) < 4.78 is 7.81. The van der Waals surface area contributed by atoms with Crippen molar-refractivity contribution in [2.45, 2.75) is 24.5 Å². The van der Waals surface area contributed by atoms with Gasteiger partial charge in [0.05, 0.1) is 12.9 Å². The van der Waals surface area contributed by atoms with Crippen molar-refractivity contribution in [1.82, 2.24) is 24.1 Å². The molecule has 1 saturated heterocycles. The van der Waals surface area contributed by atoms with Crippen LogP contribution in [0.3, 0.4) is 0 Å². The Kier molecular flexibility index (Phi) is 4.32. The molecule has 2 aromatic heterocycles. The highest BCUT2D eigenvalue weighted by atomic mass is 16.6. The van der Waals surface area contributed by atoms with Gasteiger partial charge in [0.25, 0.3) is 0 Å². The zero-order valence-electron chi connectivity index (χ0n) is 13.1. The molecule has 1 fully saturated rings. The van der Waals surface area contributed by atoms with E-state index in [1.165, 1.54) is 23.6 Å². The van der Waals surface area contributed by atoms with Gasteiger partial charge in [-0.3, -0.25) is 9.36 Å². The first-order valence-corrected chi connectivity index (χ1v) is 7.21. The van der Waals surface area contributed by atoms with Gasteiger partial charge in [0.2, 0.25) is 0 Å². The summed E-state index contributed by atoms with van der Waals surface area (Å²) in [5, 5.41) is 33.0. The van der Waals surface area contributed by atoms with Gasteiger partial charge in [0.15, 0.2) is 17.4 Å². The van der Waals surface area contributed by atoms with E-state index in [2.05, 4.69) is 15.1 Å². The van der Waals surface area contributed by atoms with E-state index in [9.17, 15) is 15.0 Å². The van der Waals surface area contributed by atoms with Crippen LogP contribution in [0, 0.1) is 0 Å². The standard InChI is InChI=1S/C13H18N6O5/c1-17(2)6-16-19-5-15-11-8(12(19)23)14-4-18(11)13-10(22)9(21)7(3-20)24-13/h4-7,9-10,13,20-22H,3H2,1-2H3. The Bertz CT molecular complexity index is 815. The van der Waals surface area contributed by atoms with Crippen molar-refractivity contribution in [1.29, 1.82) is 0 Å². The fraction of sp³-hybridized carbons (Fsp3) is 0.538. The Balaban J connectivity index is 2.00. The molecule has 0 amide bonds. The van der Waals surface area contributed by atoms with Crippen LogP contribution in [-0.4, -0.2) is 84.8 Å². The Hall–Kier alpha value is -2.34. The number of aromatic nitrogens is 4. The Morgan fingerprint density at radius 2 is 2.08 bits per heavy atom. The van der Waals surface area contributed by atoms with Crippen LogP contribution in [0.5, 0.6) is 0 Å². The number of aliphatic hydroxyl groups excluding tert-OH is 3. The lowest BCUT2D eigenvalue weighted by atomic mass is 10.1. The van der Waals surface area contributed by atoms with Crippen molar-refractivity contribution >= 4 is 17.5 Å². The molecule has 4 unspecified atom stereocenters. The molecule has 0 aliphatic carbocycles. The molecule has 2 aromatic rings. The average molecular weight is 338 g/mol. The average Bonchev–Trinajstić information content (AvgIpc) is 3.09. The third kappa shape index (κ3) is 2.67. The van der Waals surface area contributed by atoms with Crippen LogP contribution in [0.2, 0.25) is 0 Å². The van der Waals surface area contributed by atoms with Gasteiger partial charge < -0.3 is 25.0 Å². The maximum absolute atomic E-state index is 12.4. The minimum atomic E-state index is -1.28. The van der Waals surface area contributed by atoms with E-state index in [1.54, 1.807) is 19.0 Å². The molecule has 130 valence electrons. The lowest BCUT2D eigenvalue weighted by Crippen LogP contribution is -2.33. The molecule has 1 aliphatic rings. The largest absolute Gasteiger partial charge is 0.394 e. The molecule has 4 atom stereocenters. The molecule has 0 bridgehead atoms. The molecular weight excluding hydrogens is 320 g/mol. The summed E-state index contributed by atoms with van der Waals surface area (Å²) in [6.45, 7) is -0.444. The summed E-state index contributed by atoms with van der Waals surface area (Å²) in [5.74, 6) is 0. The van der Waals surface area contributed by atoms with Gasteiger partial charge in [-0.2, -0.15) is 9.78 Å². The number of ether oxygens (including phenoxy) is 1. The number of imidazole rings is 1. The predicted molar refractivity (Wildman–Crippen MR) is 82.4 cm³/mol. The lowest BCUT2D eigenvalue weighted by molar-refractivity contribution is -0.0511. The Morgan fingerprint density at radius 3 is 2.71 bits per heavy atom. The molecule has 11 nitrogen and oxygen atoms in total. The highest BCUT2D eigenvalue weighted by molar-refractivity contribution is 5.69. The number of rotatable bonds is 4. The highest BCUT2D eigenvalue weighted by Crippen LogP contribution is 2.30. The second-order valence-electron chi connectivity index (χ2n) is 5.64. The van der Waals surface area contributed by atoms with E-state index in [0.717, 1.165) is 4.68 Å². The van der Waals surface area contributed by atoms with Crippen molar-refractivity contribution in [3.8, 4) is 0 Å². The minimum Gasteiger partial charge on any atom is -0.394 e. The molecule has 3 N–H and O–H groups in total. The van der Waals surface area contributed by atoms with Crippen LogP contribution >= 0.6 is 0 Å². The van der Waals surface area contributed by atoms with Crippen molar-refractivity contribution in [2.24, 2.45) is 5.10 Å². The molecule has 3 rings (SSSR count). The molecule has 1 aliphatic heterocycles. The van der Waals surface area contributed by atoms with Gasteiger partial charge in [-0.25, -0.2) is 9.97 Å². The minimum absolute atomic E-state index is 0.0474. The third-order valence-electron chi connectivity index (χ3n) is 3.67. The smallest absolute Gasteiger partial charge is 0.302 e. The fourth-order valence-electron chi connectivity index (χ4n) is 2.44. The first-order valence-electron chi connectivity index (χ1n) is 7.21. The van der Waals surface area contributed by atoms with E-state index in [-0.39, 0.29) is 11.2 Å². The summed E-state index contributed by atoms with van der Waals surface area (Å²) >= 11 is 0. The summed E-state index contributed by atoms with van der Waals surface area (Å²) in [7, 11) is 3.52. The van der Waals surface area contributed by atoms with Crippen LogP contribution < -0.4 is 5.56 Å². The summed E-state index contributed by atoms with van der Waals surface area (Å²) in [6, 6.07) is 0. The third-order valence-corrected chi connectivity index (χ3v) is 3.67. The van der Waals surface area contributed by atoms with Crippen LogP contribution in [-0.2, 0) is 4.74 Å². The Morgan fingerprint density at radius 1 is 1.33 bits per heavy atom. The molecule has 3 heterocycles. The monoisotopic (exact) mass is 338 g/mol. The molecule has 0 saturated carbocycles. The topological polar surface area (TPSA) is 138 Å². The zero-order valence-corrected chi connectivity index (χ0v) is 13.1. The van der Waals surface area contributed by atoms with E-state index in [4.69, 9.17) is 9.84 Å². The van der Waals surface area contributed by atoms with Crippen molar-refractivity contribution < 1.29 is 20.1 Å². The fourth-order valence-corrected chi connectivity index (χ4v) is 2.44. The quantitative estimate of drug-likeness (QED) is 0.413. The lowest BCUT2D eigenvalue weighted by Gasteiger charge is -2.16. The maximum Gasteiger partial charge on any atom is 0.302 e. The van der Waals surface area contributed by atoms with Gasteiger partial charge in [-0.15, -0.1) is 0 Å². The molecule has 24 heavy (non-hydrogen) atoms. The van der Waals surface area contributed by atoms with E-state index in [0.29, 0.717) is 0 Å². The van der Waals surface area contributed by atoms with E-state index >= 15 is 0 Å². The summed E-state index contributed by atoms with van der Waals surface area (Å²) in [4.78, 5) is 22.2. The molecular formula is C13H18N6O5. The van der Waals surface area contributed by atoms with Crippen molar-refractivity contribution in [3.63, 3.8) is 0 Å². The number of hydrogen-bond donors (Lipinski definition) is 3. The first-order chi connectivity index (χ1) is 11.4. The SMILES string of the molecule is CN(C)C=Nn1cnc2c(ncn2C2OC(CO)C(O)C2O)c1=O. The zero-order chi connectivity index (χ0) is 17.4. The number of aliphatic hydroxyl groups is 3. The second-order valence-corrected chi connectivity index (χ2v) is 5.64. The molecule has 0 spiro atoms. The Labute approximate surface area is 136 Å².